The first kappa shape index (κ1) is 15.2. The van der Waals surface area contributed by atoms with Gasteiger partial charge in [0, 0.05) is 0 Å². The van der Waals surface area contributed by atoms with Crippen molar-refractivity contribution in [3.05, 3.63) is 35.6 Å². The molecule has 18 heavy (non-hydrogen) atoms. The summed E-state index contributed by atoms with van der Waals surface area (Å²) in [4.78, 5) is 0. The summed E-state index contributed by atoms with van der Waals surface area (Å²) in [6.07, 6.45) is 3.12. The van der Waals surface area contributed by atoms with Gasteiger partial charge in [0.25, 0.3) is 0 Å². The monoisotopic (exact) mass is 251 g/mol. The molecule has 1 N–H and O–H groups in total. The fraction of sp³-hybridized carbons (Fsp3) is 0.625. The Bertz CT molecular complexity index is 338. The van der Waals surface area contributed by atoms with E-state index < -0.39 is 0 Å². The van der Waals surface area contributed by atoms with Crippen LogP contribution in [0.4, 0.5) is 4.39 Å². The van der Waals surface area contributed by atoms with Crippen LogP contribution in [0.1, 0.15) is 39.2 Å². The third kappa shape index (κ3) is 4.77. The van der Waals surface area contributed by atoms with E-state index in [1.54, 1.807) is 12.1 Å². The zero-order valence-corrected chi connectivity index (χ0v) is 11.9. The molecule has 1 nitrogen and oxygen atoms in total. The molecule has 0 spiro atoms. The molecule has 2 atom stereocenters. The predicted octanol–water partition coefficient (Wildman–Crippen LogP) is 4.03. The lowest BCUT2D eigenvalue weighted by molar-refractivity contribution is 0.326. The highest BCUT2D eigenvalue weighted by molar-refractivity contribution is 5.18. The Morgan fingerprint density at radius 2 is 1.94 bits per heavy atom. The van der Waals surface area contributed by atoms with Crippen LogP contribution < -0.4 is 5.32 Å². The van der Waals surface area contributed by atoms with Crippen LogP contribution >= 0.6 is 0 Å². The second-order valence-corrected chi connectivity index (χ2v) is 5.15. The highest BCUT2D eigenvalue weighted by atomic mass is 19.1. The van der Waals surface area contributed by atoms with E-state index in [0.29, 0.717) is 11.8 Å². The lowest BCUT2D eigenvalue weighted by Gasteiger charge is -2.23. The van der Waals surface area contributed by atoms with Crippen LogP contribution in [0.3, 0.4) is 0 Å². The van der Waals surface area contributed by atoms with Gasteiger partial charge in [-0.3, -0.25) is 0 Å². The van der Waals surface area contributed by atoms with Gasteiger partial charge in [-0.1, -0.05) is 45.4 Å². The molecule has 0 aliphatic heterocycles. The molecule has 0 aliphatic carbocycles. The van der Waals surface area contributed by atoms with E-state index in [4.69, 9.17) is 0 Å². The lowest BCUT2D eigenvalue weighted by Crippen LogP contribution is -2.29. The molecule has 2 heteroatoms. The van der Waals surface area contributed by atoms with Gasteiger partial charge in [-0.25, -0.2) is 4.39 Å². The molecule has 0 aromatic heterocycles. The van der Waals surface area contributed by atoms with Crippen molar-refractivity contribution in [3.63, 3.8) is 0 Å². The van der Waals surface area contributed by atoms with Gasteiger partial charge in [-0.05, 0) is 49.4 Å². The third-order valence-electron chi connectivity index (χ3n) is 3.72. The highest BCUT2D eigenvalue weighted by Crippen LogP contribution is 2.21. The maximum Gasteiger partial charge on any atom is 0.126 e. The normalized spacial score (nSPS) is 14.4. The number of hydrogen-bond acceptors (Lipinski definition) is 1. The first-order chi connectivity index (χ1) is 8.69. The number of nitrogens with one attached hydrogen (secondary N) is 1. The van der Waals surface area contributed by atoms with Crippen LogP contribution in [-0.2, 0) is 6.42 Å². The zero-order valence-electron chi connectivity index (χ0n) is 11.9. The fourth-order valence-electron chi connectivity index (χ4n) is 2.22. The SMILES string of the molecule is CCCNCC(Cc1ccccc1F)C(C)CC. The zero-order chi connectivity index (χ0) is 13.4. The molecule has 1 aromatic carbocycles. The Hall–Kier alpha value is -0.890. The number of rotatable bonds is 8. The van der Waals surface area contributed by atoms with Crippen LogP contribution in [0.2, 0.25) is 0 Å². The molecule has 1 aromatic rings. The van der Waals surface area contributed by atoms with Crippen LogP contribution in [-0.4, -0.2) is 13.1 Å². The molecule has 0 amide bonds. The molecular formula is C16H26FN. The van der Waals surface area contributed by atoms with E-state index >= 15 is 0 Å². The molecule has 0 radical (unpaired) electrons. The lowest BCUT2D eigenvalue weighted by atomic mass is 9.86. The van der Waals surface area contributed by atoms with Crippen LogP contribution in [0, 0.1) is 17.7 Å². The Labute approximate surface area is 111 Å². The highest BCUT2D eigenvalue weighted by Gasteiger charge is 2.17. The van der Waals surface area contributed by atoms with Crippen molar-refractivity contribution in [2.45, 2.75) is 40.0 Å². The second-order valence-electron chi connectivity index (χ2n) is 5.15. The van der Waals surface area contributed by atoms with Gasteiger partial charge in [-0.2, -0.15) is 0 Å². The summed E-state index contributed by atoms with van der Waals surface area (Å²) >= 11 is 0. The molecule has 102 valence electrons. The topological polar surface area (TPSA) is 12.0 Å². The maximum absolute atomic E-state index is 13.7. The molecule has 0 saturated heterocycles. The second kappa shape index (κ2) is 8.25. The van der Waals surface area contributed by atoms with Crippen LogP contribution in [0.15, 0.2) is 24.3 Å². The van der Waals surface area contributed by atoms with Crippen molar-refractivity contribution in [3.8, 4) is 0 Å². The van der Waals surface area contributed by atoms with Crippen LogP contribution in [0.5, 0.6) is 0 Å². The number of hydrogen-bond donors (Lipinski definition) is 1. The summed E-state index contributed by atoms with van der Waals surface area (Å²) in [5, 5.41) is 3.47. The Balaban J connectivity index is 2.63. The van der Waals surface area contributed by atoms with E-state index in [-0.39, 0.29) is 5.82 Å². The van der Waals surface area contributed by atoms with Gasteiger partial charge in [0.1, 0.15) is 5.82 Å². The Morgan fingerprint density at radius 3 is 2.56 bits per heavy atom. The molecule has 0 bridgehead atoms. The van der Waals surface area contributed by atoms with Gasteiger partial charge < -0.3 is 5.32 Å². The molecule has 0 saturated carbocycles. The van der Waals surface area contributed by atoms with Crippen molar-refractivity contribution < 1.29 is 4.39 Å². The molecule has 1 rings (SSSR count). The fourth-order valence-corrected chi connectivity index (χ4v) is 2.22. The maximum atomic E-state index is 13.7. The Kier molecular flexibility index (Phi) is 6.96. The van der Waals surface area contributed by atoms with E-state index in [1.165, 1.54) is 0 Å². The largest absolute Gasteiger partial charge is 0.316 e. The molecule has 0 aliphatic rings. The Morgan fingerprint density at radius 1 is 1.22 bits per heavy atom. The van der Waals surface area contributed by atoms with Gasteiger partial charge in [-0.15, -0.1) is 0 Å². The van der Waals surface area contributed by atoms with Crippen molar-refractivity contribution in [2.24, 2.45) is 11.8 Å². The van der Waals surface area contributed by atoms with Gasteiger partial charge >= 0.3 is 0 Å². The molecule has 0 heterocycles. The quantitative estimate of drug-likeness (QED) is 0.688. The predicted molar refractivity (Wildman–Crippen MR) is 76.2 cm³/mol. The van der Waals surface area contributed by atoms with Gasteiger partial charge in [0.15, 0.2) is 0 Å². The van der Waals surface area contributed by atoms with Crippen molar-refractivity contribution >= 4 is 0 Å². The smallest absolute Gasteiger partial charge is 0.126 e. The molecule has 2 unspecified atom stereocenters. The molecular weight excluding hydrogens is 225 g/mol. The summed E-state index contributed by atoms with van der Waals surface area (Å²) < 4.78 is 13.7. The van der Waals surface area contributed by atoms with Crippen LogP contribution in [0.25, 0.3) is 0 Å². The summed E-state index contributed by atoms with van der Waals surface area (Å²) in [7, 11) is 0. The summed E-state index contributed by atoms with van der Waals surface area (Å²) in [5.74, 6) is 1.06. The first-order valence-corrected chi connectivity index (χ1v) is 7.13. The van der Waals surface area contributed by atoms with Gasteiger partial charge in [0.2, 0.25) is 0 Å². The minimum atomic E-state index is -0.0682. The number of halogens is 1. The number of benzene rings is 1. The van der Waals surface area contributed by atoms with Crippen molar-refractivity contribution in [1.82, 2.24) is 5.32 Å². The van der Waals surface area contributed by atoms with E-state index in [2.05, 4.69) is 26.1 Å². The summed E-state index contributed by atoms with van der Waals surface area (Å²) in [5.41, 5.74) is 0.848. The average molecular weight is 251 g/mol. The summed E-state index contributed by atoms with van der Waals surface area (Å²) in [6.45, 7) is 8.67. The molecule has 0 fully saturated rings. The van der Waals surface area contributed by atoms with Crippen molar-refractivity contribution in [2.75, 3.05) is 13.1 Å². The average Bonchev–Trinajstić information content (AvgIpc) is 2.39. The van der Waals surface area contributed by atoms with Gasteiger partial charge in [0.05, 0.1) is 0 Å². The van der Waals surface area contributed by atoms with E-state index in [1.807, 2.05) is 12.1 Å². The van der Waals surface area contributed by atoms with E-state index in [0.717, 1.165) is 37.9 Å². The standard InChI is InChI=1S/C16H26FN/c1-4-10-18-12-15(13(3)5-2)11-14-8-6-7-9-16(14)17/h6-9,13,15,18H,4-5,10-12H2,1-3H3. The first-order valence-electron chi connectivity index (χ1n) is 7.13. The third-order valence-corrected chi connectivity index (χ3v) is 3.72. The summed E-state index contributed by atoms with van der Waals surface area (Å²) in [6, 6.07) is 7.14. The minimum absolute atomic E-state index is 0.0682. The minimum Gasteiger partial charge on any atom is -0.316 e. The van der Waals surface area contributed by atoms with E-state index in [9.17, 15) is 4.39 Å². The van der Waals surface area contributed by atoms with Crippen molar-refractivity contribution in [1.29, 1.82) is 0 Å².